The van der Waals surface area contributed by atoms with E-state index in [1.54, 1.807) is 0 Å². The number of ether oxygens (including phenoxy) is 1. The van der Waals surface area contributed by atoms with Gasteiger partial charge in [0.2, 0.25) is 0 Å². The summed E-state index contributed by atoms with van der Waals surface area (Å²) in [6.07, 6.45) is 8.52. The van der Waals surface area contributed by atoms with Gasteiger partial charge in [-0.2, -0.15) is 0 Å². The quantitative estimate of drug-likeness (QED) is 0.523. The third kappa shape index (κ3) is 4.05. The highest BCUT2D eigenvalue weighted by atomic mass is 16.5. The van der Waals surface area contributed by atoms with E-state index in [0.29, 0.717) is 11.9 Å². The van der Waals surface area contributed by atoms with E-state index < -0.39 is 0 Å². The van der Waals surface area contributed by atoms with E-state index in [2.05, 4.69) is 27.6 Å². The van der Waals surface area contributed by atoms with E-state index in [1.807, 2.05) is 0 Å². The van der Waals surface area contributed by atoms with Gasteiger partial charge >= 0.3 is 0 Å². The molecule has 1 atom stereocenters. The molecule has 1 unspecified atom stereocenters. The van der Waals surface area contributed by atoms with Crippen molar-refractivity contribution in [1.29, 1.82) is 0 Å². The molecule has 0 saturated carbocycles. The van der Waals surface area contributed by atoms with Crippen LogP contribution in [-0.4, -0.2) is 29.2 Å². The molecule has 2 heterocycles. The van der Waals surface area contributed by atoms with Gasteiger partial charge in [-0.05, 0) is 32.1 Å². The Morgan fingerprint density at radius 3 is 2.90 bits per heavy atom. The fourth-order valence-corrected chi connectivity index (χ4v) is 2.56. The number of aromatic nitrogens is 2. The molecule has 1 aliphatic rings. The van der Waals surface area contributed by atoms with Gasteiger partial charge in [0.25, 0.3) is 0 Å². The van der Waals surface area contributed by atoms with E-state index in [4.69, 9.17) is 10.6 Å². The number of rotatable bonds is 7. The van der Waals surface area contributed by atoms with Crippen LogP contribution in [-0.2, 0) is 11.2 Å². The smallest absolute Gasteiger partial charge is 0.148 e. The molecule has 1 saturated heterocycles. The minimum atomic E-state index is 0.389. The summed E-state index contributed by atoms with van der Waals surface area (Å²) in [4.78, 5) is 8.49. The average molecular weight is 279 g/mol. The van der Waals surface area contributed by atoms with Crippen molar-refractivity contribution in [3.05, 3.63) is 11.9 Å². The van der Waals surface area contributed by atoms with Crippen LogP contribution < -0.4 is 16.6 Å². The minimum absolute atomic E-state index is 0.389. The number of nitrogens with two attached hydrogens (primary N) is 1. The molecule has 0 radical (unpaired) electrons. The van der Waals surface area contributed by atoms with Crippen LogP contribution >= 0.6 is 0 Å². The predicted molar refractivity (Wildman–Crippen MR) is 80.5 cm³/mol. The maximum Gasteiger partial charge on any atom is 0.148 e. The molecule has 0 aromatic carbocycles. The number of nitrogen functional groups attached to an aromatic ring is 1. The number of hydrogen-bond donors (Lipinski definition) is 3. The third-order valence-corrected chi connectivity index (χ3v) is 3.61. The van der Waals surface area contributed by atoms with Crippen molar-refractivity contribution in [1.82, 2.24) is 9.97 Å². The summed E-state index contributed by atoms with van der Waals surface area (Å²) in [7, 11) is 0. The molecule has 4 N–H and O–H groups in total. The molecule has 1 aromatic heterocycles. The minimum Gasteiger partial charge on any atom is -0.378 e. The summed E-state index contributed by atoms with van der Waals surface area (Å²) in [5.74, 6) is 7.09. The van der Waals surface area contributed by atoms with Gasteiger partial charge in [0.05, 0.1) is 6.10 Å². The Morgan fingerprint density at radius 1 is 1.35 bits per heavy atom. The second kappa shape index (κ2) is 8.01. The zero-order valence-corrected chi connectivity index (χ0v) is 12.2. The summed E-state index contributed by atoms with van der Waals surface area (Å²) in [6.45, 7) is 3.90. The topological polar surface area (TPSA) is 85.1 Å². The van der Waals surface area contributed by atoms with Gasteiger partial charge in [-0.3, -0.25) is 0 Å². The fourth-order valence-electron chi connectivity index (χ4n) is 2.56. The van der Waals surface area contributed by atoms with Crippen molar-refractivity contribution in [2.75, 3.05) is 23.9 Å². The van der Waals surface area contributed by atoms with Crippen molar-refractivity contribution in [2.24, 2.45) is 5.84 Å². The zero-order chi connectivity index (χ0) is 14.2. The molecule has 1 aromatic rings. The van der Waals surface area contributed by atoms with Gasteiger partial charge in [-0.15, -0.1) is 0 Å². The molecule has 1 fully saturated rings. The van der Waals surface area contributed by atoms with E-state index >= 15 is 0 Å². The lowest BCUT2D eigenvalue weighted by molar-refractivity contribution is 0.0134. The van der Waals surface area contributed by atoms with E-state index in [0.717, 1.165) is 43.8 Å². The van der Waals surface area contributed by atoms with Gasteiger partial charge in [0, 0.05) is 18.7 Å². The summed E-state index contributed by atoms with van der Waals surface area (Å²) in [5, 5.41) is 3.39. The number of nitrogens with one attached hydrogen (secondary N) is 2. The largest absolute Gasteiger partial charge is 0.378 e. The Bertz CT molecular complexity index is 407. The maximum atomic E-state index is 5.73. The molecule has 6 nitrogen and oxygen atoms in total. The van der Waals surface area contributed by atoms with Crippen molar-refractivity contribution in [3.8, 4) is 0 Å². The first-order valence-electron chi connectivity index (χ1n) is 7.51. The first-order chi connectivity index (χ1) is 9.85. The molecule has 0 amide bonds. The molecular weight excluding hydrogens is 254 g/mol. The molecule has 1 aliphatic heterocycles. The van der Waals surface area contributed by atoms with Crippen molar-refractivity contribution >= 4 is 11.6 Å². The normalized spacial score (nSPS) is 18.8. The number of hydrazine groups is 1. The fraction of sp³-hybridized carbons (Fsp3) is 0.714. The lowest BCUT2D eigenvalue weighted by Gasteiger charge is -2.23. The molecular formula is C14H25N5O. The van der Waals surface area contributed by atoms with E-state index in [9.17, 15) is 0 Å². The highest BCUT2D eigenvalue weighted by Gasteiger charge is 2.14. The van der Waals surface area contributed by atoms with Crippen LogP contribution in [0.5, 0.6) is 0 Å². The van der Waals surface area contributed by atoms with Gasteiger partial charge in [-0.25, -0.2) is 15.8 Å². The Balaban J connectivity index is 1.90. The Morgan fingerprint density at radius 2 is 2.20 bits per heavy atom. The molecule has 2 rings (SSSR count). The van der Waals surface area contributed by atoms with Crippen LogP contribution in [0, 0.1) is 0 Å². The summed E-state index contributed by atoms with van der Waals surface area (Å²) in [5.41, 5.74) is 3.70. The monoisotopic (exact) mass is 279 g/mol. The zero-order valence-electron chi connectivity index (χ0n) is 12.2. The molecule has 6 heteroatoms. The van der Waals surface area contributed by atoms with E-state index in [-0.39, 0.29) is 0 Å². The molecule has 0 aliphatic carbocycles. The summed E-state index contributed by atoms with van der Waals surface area (Å²) >= 11 is 0. The maximum absolute atomic E-state index is 5.73. The van der Waals surface area contributed by atoms with Crippen molar-refractivity contribution < 1.29 is 4.74 Å². The Kier molecular flexibility index (Phi) is 6.01. The first-order valence-corrected chi connectivity index (χ1v) is 7.51. The Hall–Kier alpha value is -1.40. The third-order valence-electron chi connectivity index (χ3n) is 3.61. The molecule has 0 bridgehead atoms. The van der Waals surface area contributed by atoms with Crippen molar-refractivity contribution in [2.45, 2.75) is 51.6 Å². The highest BCUT2D eigenvalue weighted by Crippen LogP contribution is 2.21. The second-order valence-corrected chi connectivity index (χ2v) is 5.15. The van der Waals surface area contributed by atoms with Crippen LogP contribution in [0.4, 0.5) is 11.6 Å². The van der Waals surface area contributed by atoms with Crippen LogP contribution in [0.2, 0.25) is 0 Å². The SMILES string of the molecule is CCCc1c(NN)ncnc1NCCC1CCCCO1. The van der Waals surface area contributed by atoms with Gasteiger partial charge in [-0.1, -0.05) is 13.3 Å². The Labute approximate surface area is 120 Å². The van der Waals surface area contributed by atoms with Gasteiger partial charge in [0.15, 0.2) is 0 Å². The predicted octanol–water partition coefficient (Wildman–Crippen LogP) is 2.09. The molecule has 0 spiro atoms. The summed E-state index contributed by atoms with van der Waals surface area (Å²) < 4.78 is 5.73. The number of nitrogens with zero attached hydrogens (tertiary/aromatic N) is 2. The number of hydrogen-bond acceptors (Lipinski definition) is 6. The molecule has 20 heavy (non-hydrogen) atoms. The van der Waals surface area contributed by atoms with Gasteiger partial charge < -0.3 is 15.5 Å². The van der Waals surface area contributed by atoms with E-state index in [1.165, 1.54) is 25.6 Å². The van der Waals surface area contributed by atoms with Crippen LogP contribution in [0.1, 0.15) is 44.6 Å². The number of anilines is 2. The lowest BCUT2D eigenvalue weighted by Crippen LogP contribution is -2.22. The first kappa shape index (κ1) is 15.0. The standard InChI is InChI=1S/C14H25N5O/c1-2-5-12-13(17-10-18-14(12)19-15)16-8-7-11-6-3-4-9-20-11/h10-11H,2-9,15H2,1H3,(H2,16,17,18,19). The van der Waals surface area contributed by atoms with Crippen LogP contribution in [0.3, 0.4) is 0 Å². The van der Waals surface area contributed by atoms with Crippen LogP contribution in [0.25, 0.3) is 0 Å². The summed E-state index contributed by atoms with van der Waals surface area (Å²) in [6, 6.07) is 0. The second-order valence-electron chi connectivity index (χ2n) is 5.15. The van der Waals surface area contributed by atoms with Gasteiger partial charge in [0.1, 0.15) is 18.0 Å². The van der Waals surface area contributed by atoms with Crippen molar-refractivity contribution in [3.63, 3.8) is 0 Å². The average Bonchev–Trinajstić information content (AvgIpc) is 2.50. The highest BCUT2D eigenvalue weighted by molar-refractivity contribution is 5.56. The lowest BCUT2D eigenvalue weighted by atomic mass is 10.1. The molecule has 112 valence electrons. The van der Waals surface area contributed by atoms with Crippen LogP contribution in [0.15, 0.2) is 6.33 Å².